The molecule has 168 valence electrons. The smallest absolute Gasteiger partial charge is 0.233 e. The van der Waals surface area contributed by atoms with Crippen LogP contribution >= 0.6 is 39.9 Å². The van der Waals surface area contributed by atoms with Crippen molar-refractivity contribution < 1.29 is 4.79 Å². The molecule has 0 bridgehead atoms. The first-order valence-electron chi connectivity index (χ1n) is 10.2. The Morgan fingerprint density at radius 2 is 1.77 bits per heavy atom. The van der Waals surface area contributed by atoms with Crippen LogP contribution in [0.25, 0.3) is 0 Å². The van der Waals surface area contributed by atoms with Crippen molar-refractivity contribution in [2.75, 3.05) is 56.5 Å². The molecule has 2 aliphatic heterocycles. The fourth-order valence-corrected chi connectivity index (χ4v) is 5.21. The standard InChI is InChI=1S/C21H26BrClN6O.ClH/c1-24-18-17(22)19(27-14-26-18)28-10-12-29(13-11-28)20(30)21(6-8-25-9-7-21)15-2-4-16(23)5-3-15;/h2-5,14,25H,6-13H2,1H3,(H,24,26,27);1H. The van der Waals surface area contributed by atoms with Gasteiger partial charge < -0.3 is 20.4 Å². The lowest BCUT2D eigenvalue weighted by Crippen LogP contribution is -2.57. The van der Waals surface area contributed by atoms with E-state index in [4.69, 9.17) is 11.6 Å². The van der Waals surface area contributed by atoms with Gasteiger partial charge in [0.1, 0.15) is 22.4 Å². The largest absolute Gasteiger partial charge is 0.372 e. The molecule has 0 unspecified atom stereocenters. The summed E-state index contributed by atoms with van der Waals surface area (Å²) in [6.45, 7) is 4.50. The number of amides is 1. The molecule has 4 rings (SSSR count). The highest BCUT2D eigenvalue weighted by molar-refractivity contribution is 9.10. The third-order valence-electron chi connectivity index (χ3n) is 6.14. The average Bonchev–Trinajstić information content (AvgIpc) is 2.80. The molecule has 10 heteroatoms. The van der Waals surface area contributed by atoms with Gasteiger partial charge >= 0.3 is 0 Å². The van der Waals surface area contributed by atoms with Crippen molar-refractivity contribution in [3.8, 4) is 0 Å². The lowest BCUT2D eigenvalue weighted by atomic mass is 9.72. The highest BCUT2D eigenvalue weighted by Crippen LogP contribution is 2.37. The number of anilines is 2. The molecule has 1 aromatic carbocycles. The summed E-state index contributed by atoms with van der Waals surface area (Å²) in [5.74, 6) is 1.84. The van der Waals surface area contributed by atoms with E-state index < -0.39 is 5.41 Å². The number of nitrogens with zero attached hydrogens (tertiary/aromatic N) is 4. The van der Waals surface area contributed by atoms with Crippen molar-refractivity contribution in [2.45, 2.75) is 18.3 Å². The molecule has 3 heterocycles. The van der Waals surface area contributed by atoms with E-state index in [2.05, 4.69) is 41.4 Å². The maximum Gasteiger partial charge on any atom is 0.233 e. The topological polar surface area (TPSA) is 73.4 Å². The molecule has 0 radical (unpaired) electrons. The average molecular weight is 530 g/mol. The Balaban J connectivity index is 0.00000272. The van der Waals surface area contributed by atoms with E-state index in [0.29, 0.717) is 18.1 Å². The number of piperazine rings is 1. The van der Waals surface area contributed by atoms with Crippen LogP contribution in [0.4, 0.5) is 11.6 Å². The molecule has 0 aliphatic carbocycles. The van der Waals surface area contributed by atoms with Crippen LogP contribution in [0.15, 0.2) is 35.1 Å². The van der Waals surface area contributed by atoms with Crippen LogP contribution in [0.2, 0.25) is 5.02 Å². The van der Waals surface area contributed by atoms with Gasteiger partial charge in [0.15, 0.2) is 0 Å². The molecule has 1 aromatic heterocycles. The van der Waals surface area contributed by atoms with Crippen LogP contribution in [-0.2, 0) is 10.2 Å². The first kappa shape index (κ1) is 24.0. The van der Waals surface area contributed by atoms with E-state index in [1.54, 1.807) is 6.33 Å². The van der Waals surface area contributed by atoms with Gasteiger partial charge in [-0.2, -0.15) is 0 Å². The number of hydrogen-bond acceptors (Lipinski definition) is 6. The van der Waals surface area contributed by atoms with Gasteiger partial charge in [0.05, 0.1) is 5.41 Å². The predicted molar refractivity (Wildman–Crippen MR) is 131 cm³/mol. The number of rotatable bonds is 4. The molecular weight excluding hydrogens is 503 g/mol. The molecule has 2 N–H and O–H groups in total. The molecule has 0 saturated carbocycles. The molecule has 1 amide bonds. The lowest BCUT2D eigenvalue weighted by molar-refractivity contribution is -0.139. The molecule has 2 aliphatic rings. The van der Waals surface area contributed by atoms with E-state index in [1.807, 2.05) is 36.2 Å². The maximum atomic E-state index is 13.8. The second kappa shape index (κ2) is 10.3. The van der Waals surface area contributed by atoms with E-state index in [0.717, 1.165) is 60.7 Å². The Labute approximate surface area is 202 Å². The van der Waals surface area contributed by atoms with Gasteiger partial charge in [0.25, 0.3) is 0 Å². The molecular formula is C21H27BrCl2N6O. The second-order valence-electron chi connectivity index (χ2n) is 7.73. The van der Waals surface area contributed by atoms with E-state index in [1.165, 1.54) is 0 Å². The summed E-state index contributed by atoms with van der Waals surface area (Å²) in [5.41, 5.74) is 0.588. The number of carbonyl (C=O) groups is 1. The van der Waals surface area contributed by atoms with Gasteiger partial charge in [0, 0.05) is 38.2 Å². The summed E-state index contributed by atoms with van der Waals surface area (Å²) in [7, 11) is 1.84. The van der Waals surface area contributed by atoms with E-state index >= 15 is 0 Å². The van der Waals surface area contributed by atoms with Crippen LogP contribution < -0.4 is 15.5 Å². The molecule has 0 atom stereocenters. The molecule has 31 heavy (non-hydrogen) atoms. The zero-order chi connectivity index (χ0) is 21.1. The maximum absolute atomic E-state index is 13.8. The highest BCUT2D eigenvalue weighted by Gasteiger charge is 2.44. The van der Waals surface area contributed by atoms with Crippen LogP contribution in [-0.4, -0.2) is 67.1 Å². The minimum absolute atomic E-state index is 0. The third kappa shape index (κ3) is 4.77. The van der Waals surface area contributed by atoms with Crippen molar-refractivity contribution in [1.82, 2.24) is 20.2 Å². The van der Waals surface area contributed by atoms with Crippen molar-refractivity contribution in [1.29, 1.82) is 0 Å². The van der Waals surface area contributed by atoms with Crippen molar-refractivity contribution in [2.24, 2.45) is 0 Å². The zero-order valence-corrected chi connectivity index (χ0v) is 20.6. The summed E-state index contributed by atoms with van der Waals surface area (Å²) < 4.78 is 0.850. The molecule has 2 fully saturated rings. The minimum Gasteiger partial charge on any atom is -0.372 e. The monoisotopic (exact) mass is 528 g/mol. The Bertz CT molecular complexity index is 899. The van der Waals surface area contributed by atoms with Crippen molar-refractivity contribution in [3.05, 3.63) is 45.7 Å². The number of hydrogen-bond donors (Lipinski definition) is 2. The number of nitrogens with one attached hydrogen (secondary N) is 2. The van der Waals surface area contributed by atoms with E-state index in [9.17, 15) is 4.79 Å². The van der Waals surface area contributed by atoms with Crippen molar-refractivity contribution in [3.63, 3.8) is 0 Å². The minimum atomic E-state index is -0.479. The number of benzene rings is 1. The highest BCUT2D eigenvalue weighted by atomic mass is 79.9. The SMILES string of the molecule is CNc1ncnc(N2CCN(C(=O)C3(c4ccc(Cl)cc4)CCNCC3)CC2)c1Br.Cl. The zero-order valence-electron chi connectivity index (χ0n) is 17.4. The number of carbonyl (C=O) groups excluding carboxylic acids is 1. The number of halogens is 3. The fourth-order valence-electron chi connectivity index (χ4n) is 4.43. The predicted octanol–water partition coefficient (Wildman–Crippen LogP) is 3.33. The Hall–Kier alpha value is -1.61. The van der Waals surface area contributed by atoms with Gasteiger partial charge in [-0.3, -0.25) is 4.79 Å². The van der Waals surface area contributed by atoms with Gasteiger partial charge in [-0.15, -0.1) is 12.4 Å². The first-order valence-corrected chi connectivity index (χ1v) is 11.4. The second-order valence-corrected chi connectivity index (χ2v) is 8.96. The normalized spacial score (nSPS) is 18.3. The van der Waals surface area contributed by atoms with Gasteiger partial charge in [0.2, 0.25) is 5.91 Å². The van der Waals surface area contributed by atoms with Gasteiger partial charge in [-0.1, -0.05) is 23.7 Å². The van der Waals surface area contributed by atoms with Crippen LogP contribution in [0, 0.1) is 0 Å². The Morgan fingerprint density at radius 1 is 1.13 bits per heavy atom. The summed E-state index contributed by atoms with van der Waals surface area (Å²) in [6.07, 6.45) is 3.17. The van der Waals surface area contributed by atoms with Crippen LogP contribution in [0.1, 0.15) is 18.4 Å². The summed E-state index contributed by atoms with van der Waals surface area (Å²) in [5, 5.41) is 7.16. The molecule has 2 aromatic rings. The van der Waals surface area contributed by atoms with Crippen LogP contribution in [0.3, 0.4) is 0 Å². The van der Waals surface area contributed by atoms with E-state index in [-0.39, 0.29) is 18.3 Å². The Morgan fingerprint density at radius 3 is 2.39 bits per heavy atom. The third-order valence-corrected chi connectivity index (χ3v) is 7.12. The lowest BCUT2D eigenvalue weighted by Gasteiger charge is -2.43. The van der Waals surface area contributed by atoms with Gasteiger partial charge in [-0.25, -0.2) is 9.97 Å². The quantitative estimate of drug-likeness (QED) is 0.633. The molecule has 0 spiro atoms. The summed E-state index contributed by atoms with van der Waals surface area (Å²) in [4.78, 5) is 26.7. The number of aromatic nitrogens is 2. The van der Waals surface area contributed by atoms with Crippen molar-refractivity contribution >= 4 is 57.5 Å². The van der Waals surface area contributed by atoms with Gasteiger partial charge in [-0.05, 0) is 59.6 Å². The Kier molecular flexibility index (Phi) is 8.02. The summed E-state index contributed by atoms with van der Waals surface area (Å²) >= 11 is 9.70. The fraction of sp³-hybridized carbons (Fsp3) is 0.476. The summed E-state index contributed by atoms with van der Waals surface area (Å²) in [6, 6.07) is 7.80. The van der Waals surface area contributed by atoms with Crippen LogP contribution in [0.5, 0.6) is 0 Å². The molecule has 2 saturated heterocycles. The number of piperidine rings is 1. The molecule has 7 nitrogen and oxygen atoms in total. The first-order chi connectivity index (χ1) is 14.5.